The summed E-state index contributed by atoms with van der Waals surface area (Å²) in [6.45, 7) is 5.55. The van der Waals surface area contributed by atoms with Crippen molar-refractivity contribution in [1.29, 1.82) is 0 Å². The quantitative estimate of drug-likeness (QED) is 0.705. The summed E-state index contributed by atoms with van der Waals surface area (Å²) in [5.74, 6) is -0.409. The number of benzene rings is 1. The smallest absolute Gasteiger partial charge is 0.316 e. The summed E-state index contributed by atoms with van der Waals surface area (Å²) in [4.78, 5) is 23.3. The lowest BCUT2D eigenvalue weighted by Crippen LogP contribution is -2.45. The van der Waals surface area contributed by atoms with Crippen LogP contribution in [0, 0.1) is 5.82 Å². The Hall–Kier alpha value is -2.15. The van der Waals surface area contributed by atoms with E-state index in [9.17, 15) is 9.18 Å². The van der Waals surface area contributed by atoms with Crippen LogP contribution in [-0.4, -0.2) is 45.2 Å². The van der Waals surface area contributed by atoms with E-state index in [4.69, 9.17) is 4.74 Å². The lowest BCUT2D eigenvalue weighted by molar-refractivity contribution is -0.133. The second kappa shape index (κ2) is 9.17. The largest absolute Gasteiger partial charge is 0.458 e. The van der Waals surface area contributed by atoms with Crippen LogP contribution < -0.4 is 4.74 Å². The highest BCUT2D eigenvalue weighted by Gasteiger charge is 2.25. The Bertz CT molecular complexity index is 753. The molecule has 0 spiro atoms. The number of nitrogens with zero attached hydrogens (tertiary/aromatic N) is 3. The van der Waals surface area contributed by atoms with Gasteiger partial charge in [0.2, 0.25) is 5.91 Å². The van der Waals surface area contributed by atoms with Crippen LogP contribution in [0.5, 0.6) is 6.01 Å². The van der Waals surface area contributed by atoms with Gasteiger partial charge >= 0.3 is 6.01 Å². The Morgan fingerprint density at radius 1 is 1.30 bits per heavy atom. The van der Waals surface area contributed by atoms with E-state index in [2.05, 4.69) is 35.9 Å². The van der Waals surface area contributed by atoms with E-state index < -0.39 is 5.82 Å². The van der Waals surface area contributed by atoms with Crippen molar-refractivity contribution in [3.8, 4) is 6.01 Å². The first-order chi connectivity index (χ1) is 13.0. The van der Waals surface area contributed by atoms with Crippen LogP contribution >= 0.6 is 11.8 Å². The van der Waals surface area contributed by atoms with Gasteiger partial charge in [0.25, 0.3) is 0 Å². The number of carbonyl (C=O) groups is 1. The number of amides is 1. The number of rotatable bonds is 6. The highest BCUT2D eigenvalue weighted by molar-refractivity contribution is 7.99. The number of halogens is 1. The molecular weight excluding hydrogens is 365 g/mol. The van der Waals surface area contributed by atoms with Gasteiger partial charge in [-0.3, -0.25) is 4.79 Å². The normalized spacial score (nSPS) is 17.2. The SMILES string of the molecule is CC(C)Sc1ccc(CC(=O)N2CCC[C@H](Oc3ncc(F)cn3)C2)cc1. The molecule has 1 aliphatic rings. The molecule has 144 valence electrons. The predicted molar refractivity (Wildman–Crippen MR) is 103 cm³/mol. The first kappa shape index (κ1) is 19.6. The highest BCUT2D eigenvalue weighted by Crippen LogP contribution is 2.23. The van der Waals surface area contributed by atoms with E-state index in [1.165, 1.54) is 4.90 Å². The van der Waals surface area contributed by atoms with Gasteiger partial charge in [-0.2, -0.15) is 0 Å². The van der Waals surface area contributed by atoms with Crippen LogP contribution in [0.15, 0.2) is 41.6 Å². The van der Waals surface area contributed by atoms with Crippen molar-refractivity contribution >= 4 is 17.7 Å². The van der Waals surface area contributed by atoms with Gasteiger partial charge in [0, 0.05) is 16.7 Å². The first-order valence-corrected chi connectivity index (χ1v) is 10.0. The molecule has 2 aromatic rings. The summed E-state index contributed by atoms with van der Waals surface area (Å²) in [7, 11) is 0. The van der Waals surface area contributed by atoms with E-state index in [1.807, 2.05) is 28.8 Å². The van der Waals surface area contributed by atoms with Crippen LogP contribution in [0.3, 0.4) is 0 Å². The average Bonchev–Trinajstić information content (AvgIpc) is 2.65. The number of likely N-dealkylation sites (tertiary alicyclic amines) is 1. The number of carbonyl (C=O) groups excluding carboxylic acids is 1. The molecule has 1 amide bonds. The van der Waals surface area contributed by atoms with Crippen molar-refractivity contribution in [1.82, 2.24) is 14.9 Å². The standard InChI is InChI=1S/C20H24FN3O2S/c1-14(2)27-18-7-5-15(6-8-18)10-19(25)24-9-3-4-17(13-24)26-20-22-11-16(21)12-23-20/h5-8,11-12,14,17H,3-4,9-10,13H2,1-2H3/t17-/m0/s1. The first-order valence-electron chi connectivity index (χ1n) is 9.17. The van der Waals surface area contributed by atoms with Gasteiger partial charge in [-0.25, -0.2) is 14.4 Å². The topological polar surface area (TPSA) is 55.3 Å². The molecule has 5 nitrogen and oxygen atoms in total. The molecule has 0 aliphatic carbocycles. The fraction of sp³-hybridized carbons (Fsp3) is 0.450. The predicted octanol–water partition coefficient (Wildman–Crippen LogP) is 3.73. The fourth-order valence-electron chi connectivity index (χ4n) is 3.02. The Morgan fingerprint density at radius 2 is 2.00 bits per heavy atom. The molecule has 1 aromatic carbocycles. The zero-order valence-electron chi connectivity index (χ0n) is 15.6. The number of hydrogen-bond donors (Lipinski definition) is 0. The third kappa shape index (κ3) is 5.92. The molecule has 1 aliphatic heterocycles. The molecule has 3 rings (SSSR count). The second-order valence-corrected chi connectivity index (χ2v) is 8.54. The molecule has 27 heavy (non-hydrogen) atoms. The number of hydrogen-bond acceptors (Lipinski definition) is 5. The van der Waals surface area contributed by atoms with Crippen molar-refractivity contribution < 1.29 is 13.9 Å². The summed E-state index contributed by atoms with van der Waals surface area (Å²) in [5, 5.41) is 0.535. The van der Waals surface area contributed by atoms with Crippen LogP contribution in [0.25, 0.3) is 0 Å². The van der Waals surface area contributed by atoms with Gasteiger partial charge in [0.15, 0.2) is 5.82 Å². The minimum atomic E-state index is -0.499. The molecular formula is C20H24FN3O2S. The summed E-state index contributed by atoms with van der Waals surface area (Å²) < 4.78 is 18.6. The van der Waals surface area contributed by atoms with E-state index in [-0.39, 0.29) is 18.0 Å². The summed E-state index contributed by atoms with van der Waals surface area (Å²) >= 11 is 1.81. The van der Waals surface area contributed by atoms with Gasteiger partial charge < -0.3 is 9.64 Å². The fourth-order valence-corrected chi connectivity index (χ4v) is 3.85. The van der Waals surface area contributed by atoms with Crippen molar-refractivity contribution in [2.24, 2.45) is 0 Å². The molecule has 0 N–H and O–H groups in total. The van der Waals surface area contributed by atoms with Gasteiger partial charge in [0.1, 0.15) is 6.10 Å². The molecule has 0 unspecified atom stereocenters. The van der Waals surface area contributed by atoms with Crippen molar-refractivity contribution in [2.75, 3.05) is 13.1 Å². The van der Waals surface area contributed by atoms with Gasteiger partial charge in [-0.15, -0.1) is 11.8 Å². The molecule has 0 radical (unpaired) electrons. The Kier molecular flexibility index (Phi) is 6.66. The van der Waals surface area contributed by atoms with Gasteiger partial charge in [-0.1, -0.05) is 26.0 Å². The Balaban J connectivity index is 1.54. The van der Waals surface area contributed by atoms with E-state index in [0.29, 0.717) is 18.2 Å². The molecule has 1 saturated heterocycles. The van der Waals surface area contributed by atoms with E-state index in [1.54, 1.807) is 0 Å². The lowest BCUT2D eigenvalue weighted by atomic mass is 10.1. The molecule has 1 aromatic heterocycles. The Morgan fingerprint density at radius 3 is 2.67 bits per heavy atom. The summed E-state index contributed by atoms with van der Waals surface area (Å²) in [6.07, 6.45) is 4.06. The van der Waals surface area contributed by atoms with Gasteiger partial charge in [0.05, 0.1) is 25.4 Å². The van der Waals surface area contributed by atoms with Crippen molar-refractivity contribution in [3.05, 3.63) is 48.0 Å². The monoisotopic (exact) mass is 389 g/mol. The molecule has 2 heterocycles. The third-order valence-electron chi connectivity index (χ3n) is 4.25. The molecule has 1 atom stereocenters. The van der Waals surface area contributed by atoms with Crippen molar-refractivity contribution in [2.45, 2.75) is 49.4 Å². The molecule has 0 bridgehead atoms. The number of aromatic nitrogens is 2. The number of piperidine rings is 1. The third-order valence-corrected chi connectivity index (χ3v) is 5.27. The molecule has 7 heteroatoms. The average molecular weight is 389 g/mol. The van der Waals surface area contributed by atoms with Crippen LogP contribution in [0.2, 0.25) is 0 Å². The maximum atomic E-state index is 12.9. The molecule has 1 fully saturated rings. The Labute approximate surface area is 163 Å². The molecule has 0 saturated carbocycles. The summed E-state index contributed by atoms with van der Waals surface area (Å²) in [5.41, 5.74) is 1.01. The second-order valence-electron chi connectivity index (χ2n) is 6.89. The number of ether oxygens (including phenoxy) is 1. The van der Waals surface area contributed by atoms with Crippen molar-refractivity contribution in [3.63, 3.8) is 0 Å². The van der Waals surface area contributed by atoms with Crippen LogP contribution in [-0.2, 0) is 11.2 Å². The van der Waals surface area contributed by atoms with E-state index in [0.717, 1.165) is 37.3 Å². The zero-order chi connectivity index (χ0) is 19.2. The minimum Gasteiger partial charge on any atom is -0.458 e. The number of thioether (sulfide) groups is 1. The maximum Gasteiger partial charge on any atom is 0.316 e. The highest BCUT2D eigenvalue weighted by atomic mass is 32.2. The van der Waals surface area contributed by atoms with Crippen LogP contribution in [0.4, 0.5) is 4.39 Å². The zero-order valence-corrected chi connectivity index (χ0v) is 16.4. The van der Waals surface area contributed by atoms with Crippen LogP contribution in [0.1, 0.15) is 32.3 Å². The van der Waals surface area contributed by atoms with E-state index >= 15 is 0 Å². The maximum absolute atomic E-state index is 12.9. The minimum absolute atomic E-state index is 0.0904. The van der Waals surface area contributed by atoms with Gasteiger partial charge in [-0.05, 0) is 30.5 Å². The summed E-state index contributed by atoms with van der Waals surface area (Å²) in [6, 6.07) is 8.33. The lowest BCUT2D eigenvalue weighted by Gasteiger charge is -2.32.